The SMILES string of the molecule is COCCn1cc(-c2nn(C)cc2-c2cnc3ccc(Cl)nc3c2)cn1. The fourth-order valence-electron chi connectivity index (χ4n) is 2.83. The highest BCUT2D eigenvalue weighted by molar-refractivity contribution is 6.29. The van der Waals surface area contributed by atoms with Gasteiger partial charge in [-0.1, -0.05) is 11.6 Å². The Hall–Kier alpha value is -2.77. The van der Waals surface area contributed by atoms with Crippen molar-refractivity contribution in [2.45, 2.75) is 6.54 Å². The van der Waals surface area contributed by atoms with Gasteiger partial charge in [-0.3, -0.25) is 14.3 Å². The molecule has 0 atom stereocenters. The van der Waals surface area contributed by atoms with Crippen molar-refractivity contribution < 1.29 is 4.74 Å². The van der Waals surface area contributed by atoms with Crippen molar-refractivity contribution in [3.63, 3.8) is 0 Å². The summed E-state index contributed by atoms with van der Waals surface area (Å²) in [5.74, 6) is 0. The third kappa shape index (κ3) is 3.18. The molecule has 0 aliphatic carbocycles. The highest BCUT2D eigenvalue weighted by atomic mass is 35.5. The molecule has 0 saturated heterocycles. The van der Waals surface area contributed by atoms with Gasteiger partial charge in [0.05, 0.1) is 30.4 Å². The summed E-state index contributed by atoms with van der Waals surface area (Å²) in [7, 11) is 3.57. The Bertz CT molecular complexity index is 1070. The second-order valence-corrected chi connectivity index (χ2v) is 6.33. The van der Waals surface area contributed by atoms with Gasteiger partial charge in [-0.15, -0.1) is 0 Å². The van der Waals surface area contributed by atoms with E-state index < -0.39 is 0 Å². The molecule has 0 amide bonds. The Kier molecular flexibility index (Phi) is 4.40. The zero-order valence-electron chi connectivity index (χ0n) is 14.4. The van der Waals surface area contributed by atoms with Crippen LogP contribution in [0.5, 0.6) is 0 Å². The molecule has 0 spiro atoms. The van der Waals surface area contributed by atoms with E-state index in [2.05, 4.69) is 20.2 Å². The van der Waals surface area contributed by atoms with Crippen LogP contribution in [0.15, 0.2) is 43.0 Å². The maximum atomic E-state index is 6.02. The number of ether oxygens (including phenoxy) is 1. The molecule has 0 radical (unpaired) electrons. The average Bonchev–Trinajstić information content (AvgIpc) is 3.25. The van der Waals surface area contributed by atoms with Crippen LogP contribution in [0.4, 0.5) is 0 Å². The summed E-state index contributed by atoms with van der Waals surface area (Å²) in [4.78, 5) is 8.85. The minimum Gasteiger partial charge on any atom is -0.383 e. The predicted molar refractivity (Wildman–Crippen MR) is 99.8 cm³/mol. The van der Waals surface area contributed by atoms with Crippen LogP contribution in [0.25, 0.3) is 33.4 Å². The minimum absolute atomic E-state index is 0.447. The van der Waals surface area contributed by atoms with Crippen LogP contribution in [0.2, 0.25) is 5.15 Å². The zero-order chi connectivity index (χ0) is 18.1. The van der Waals surface area contributed by atoms with E-state index in [1.165, 1.54) is 0 Å². The molecule has 8 heteroatoms. The molecule has 0 N–H and O–H groups in total. The molecule has 7 nitrogen and oxygen atoms in total. The molecule has 0 fully saturated rings. The van der Waals surface area contributed by atoms with Gasteiger partial charge in [0.1, 0.15) is 10.8 Å². The standard InChI is InChI=1S/C18H17ClN6O/c1-24-11-14(12-7-16-15(20-8-12)3-4-17(19)22-16)18(23-24)13-9-21-25(10-13)5-6-26-2/h3-4,7-11H,5-6H2,1-2H3. The van der Waals surface area contributed by atoms with Gasteiger partial charge in [-0.05, 0) is 18.2 Å². The summed E-state index contributed by atoms with van der Waals surface area (Å²) >= 11 is 6.02. The smallest absolute Gasteiger partial charge is 0.129 e. The highest BCUT2D eigenvalue weighted by Crippen LogP contribution is 2.31. The van der Waals surface area contributed by atoms with Crippen LogP contribution >= 0.6 is 11.6 Å². The van der Waals surface area contributed by atoms with Crippen molar-refractivity contribution in [2.75, 3.05) is 13.7 Å². The summed E-state index contributed by atoms with van der Waals surface area (Å²) in [6, 6.07) is 5.57. The fourth-order valence-corrected chi connectivity index (χ4v) is 2.99. The molecule has 0 saturated carbocycles. The topological polar surface area (TPSA) is 70.7 Å². The van der Waals surface area contributed by atoms with E-state index in [0.717, 1.165) is 33.4 Å². The average molecular weight is 369 g/mol. The van der Waals surface area contributed by atoms with E-state index in [1.54, 1.807) is 17.9 Å². The third-order valence-electron chi connectivity index (χ3n) is 4.07. The molecule has 0 aliphatic heterocycles. The lowest BCUT2D eigenvalue weighted by atomic mass is 10.1. The number of nitrogens with zero attached hydrogens (tertiary/aromatic N) is 6. The molecule has 26 heavy (non-hydrogen) atoms. The summed E-state index contributed by atoms with van der Waals surface area (Å²) < 4.78 is 8.73. The van der Waals surface area contributed by atoms with E-state index in [4.69, 9.17) is 16.3 Å². The number of fused-ring (bicyclic) bond motifs is 1. The number of hydrogen-bond donors (Lipinski definition) is 0. The van der Waals surface area contributed by atoms with Gasteiger partial charge in [-0.2, -0.15) is 10.2 Å². The molecular weight excluding hydrogens is 352 g/mol. The monoisotopic (exact) mass is 368 g/mol. The second-order valence-electron chi connectivity index (χ2n) is 5.95. The van der Waals surface area contributed by atoms with Crippen LogP contribution in [-0.2, 0) is 18.3 Å². The lowest BCUT2D eigenvalue weighted by molar-refractivity contribution is 0.183. The minimum atomic E-state index is 0.447. The largest absolute Gasteiger partial charge is 0.383 e. The van der Waals surface area contributed by atoms with Gasteiger partial charge in [-0.25, -0.2) is 4.98 Å². The molecule has 4 heterocycles. The van der Waals surface area contributed by atoms with Crippen LogP contribution < -0.4 is 0 Å². The van der Waals surface area contributed by atoms with Gasteiger partial charge in [0, 0.05) is 49.4 Å². The number of aromatic nitrogens is 6. The Balaban J connectivity index is 1.77. The Morgan fingerprint density at radius 1 is 1.12 bits per heavy atom. The summed E-state index contributed by atoms with van der Waals surface area (Å²) in [6.07, 6.45) is 7.57. The van der Waals surface area contributed by atoms with Gasteiger partial charge >= 0.3 is 0 Å². The Morgan fingerprint density at radius 3 is 2.85 bits per heavy atom. The summed E-state index contributed by atoms with van der Waals surface area (Å²) in [6.45, 7) is 1.30. The fraction of sp³-hybridized carbons (Fsp3) is 0.222. The van der Waals surface area contributed by atoms with Crippen molar-refractivity contribution in [1.29, 1.82) is 0 Å². The van der Waals surface area contributed by atoms with E-state index in [9.17, 15) is 0 Å². The molecule has 4 aromatic heterocycles. The van der Waals surface area contributed by atoms with Crippen molar-refractivity contribution in [3.8, 4) is 22.4 Å². The lowest BCUT2D eigenvalue weighted by Crippen LogP contribution is -2.03. The first-order valence-corrected chi connectivity index (χ1v) is 8.50. The Labute approximate surface area is 155 Å². The molecule has 4 rings (SSSR count). The van der Waals surface area contributed by atoms with Crippen molar-refractivity contribution >= 4 is 22.6 Å². The zero-order valence-corrected chi connectivity index (χ0v) is 15.2. The second kappa shape index (κ2) is 6.86. The normalized spacial score (nSPS) is 11.3. The number of hydrogen-bond acceptors (Lipinski definition) is 5. The summed E-state index contributed by atoms with van der Waals surface area (Å²) in [5.41, 5.74) is 5.24. The first kappa shape index (κ1) is 16.7. The quantitative estimate of drug-likeness (QED) is 0.506. The van der Waals surface area contributed by atoms with E-state index in [0.29, 0.717) is 18.3 Å². The number of pyridine rings is 2. The molecular formula is C18H17ClN6O. The van der Waals surface area contributed by atoms with Gasteiger partial charge in [0.2, 0.25) is 0 Å². The Morgan fingerprint density at radius 2 is 2.00 bits per heavy atom. The van der Waals surface area contributed by atoms with E-state index >= 15 is 0 Å². The van der Waals surface area contributed by atoms with Crippen LogP contribution in [-0.4, -0.2) is 43.2 Å². The number of rotatable bonds is 5. The molecule has 4 aromatic rings. The first-order valence-electron chi connectivity index (χ1n) is 8.12. The maximum Gasteiger partial charge on any atom is 0.129 e. The van der Waals surface area contributed by atoms with Crippen LogP contribution in [0.3, 0.4) is 0 Å². The van der Waals surface area contributed by atoms with Gasteiger partial charge < -0.3 is 4.74 Å². The van der Waals surface area contributed by atoms with Crippen LogP contribution in [0, 0.1) is 0 Å². The molecule has 132 valence electrons. The molecule has 0 aliphatic rings. The highest BCUT2D eigenvalue weighted by Gasteiger charge is 2.15. The molecule has 0 unspecified atom stereocenters. The van der Waals surface area contributed by atoms with E-state index in [-0.39, 0.29) is 0 Å². The van der Waals surface area contributed by atoms with E-state index in [1.807, 2.05) is 48.6 Å². The third-order valence-corrected chi connectivity index (χ3v) is 4.28. The predicted octanol–water partition coefficient (Wildman–Crippen LogP) is 3.19. The van der Waals surface area contributed by atoms with Crippen molar-refractivity contribution in [1.82, 2.24) is 29.5 Å². The maximum absolute atomic E-state index is 6.02. The van der Waals surface area contributed by atoms with Crippen molar-refractivity contribution in [3.05, 3.63) is 48.1 Å². The molecule has 0 bridgehead atoms. The first-order chi connectivity index (χ1) is 12.6. The van der Waals surface area contributed by atoms with Crippen LogP contribution in [0.1, 0.15) is 0 Å². The number of halogens is 1. The van der Waals surface area contributed by atoms with Gasteiger partial charge in [0.25, 0.3) is 0 Å². The lowest BCUT2D eigenvalue weighted by Gasteiger charge is -2.03. The number of methoxy groups -OCH3 is 1. The number of aryl methyl sites for hydroxylation is 1. The van der Waals surface area contributed by atoms with Gasteiger partial charge in [0.15, 0.2) is 0 Å². The molecule has 0 aromatic carbocycles. The van der Waals surface area contributed by atoms with Crippen molar-refractivity contribution in [2.24, 2.45) is 7.05 Å². The summed E-state index contributed by atoms with van der Waals surface area (Å²) in [5, 5.41) is 9.43.